The van der Waals surface area contributed by atoms with Crippen LogP contribution in [0.3, 0.4) is 0 Å². The van der Waals surface area contributed by atoms with E-state index in [9.17, 15) is 25.9 Å². The van der Waals surface area contributed by atoms with Gasteiger partial charge >= 0.3 is 0 Å². The molecule has 0 aliphatic carbocycles. The molecule has 0 spiro atoms. The fourth-order valence-corrected chi connectivity index (χ4v) is 6.77. The molecule has 2 aromatic heterocycles. The fourth-order valence-electron chi connectivity index (χ4n) is 5.35. The minimum atomic E-state index is -4.84. The number of benzene rings is 4. The Balaban J connectivity index is 1.26. The van der Waals surface area contributed by atoms with Crippen molar-refractivity contribution in [3.05, 3.63) is 108 Å². The van der Waals surface area contributed by atoms with Crippen LogP contribution in [0.5, 0.6) is 0 Å². The Morgan fingerprint density at radius 3 is 1.15 bits per heavy atom. The van der Waals surface area contributed by atoms with Gasteiger partial charge in [-0.05, 0) is 59.7 Å². The topological polar surface area (TPSA) is 277 Å². The lowest BCUT2D eigenvalue weighted by Gasteiger charge is -2.13. The number of anilines is 10. The van der Waals surface area contributed by atoms with Crippen molar-refractivity contribution in [2.75, 3.05) is 72.4 Å². The summed E-state index contributed by atoms with van der Waals surface area (Å²) in [6, 6.07) is 26.4. The zero-order valence-electron chi connectivity index (χ0n) is 32.1. The Bertz CT molecular complexity index is 2480. The largest absolute Gasteiger partial charge is 0.383 e. The highest BCUT2D eigenvalue weighted by Gasteiger charge is 2.19. The standard InChI is InChI=1S/C38H40N12O8S2/c1-57-21-19-39-33-45-35(41-27-9-5-3-6-10-27)49-37(47-33)43-29-17-15-25(31(23-29)59(51,52)53)13-14-26-16-18-30(24-32(26)60(54,55)56)44-38-48-34(40-20-22-58-2)46-36(50-38)42-28-11-7-4-8-12-28/h3-18,23-24H,19-22H2,1-2H3,(H,51,52,53)(H,54,55,56)(H3,39,41,43,45,47,49)(H3,40,42,44,46,48,50)/b14-13+. The number of methoxy groups -OCH3 is 2. The molecule has 0 aliphatic heterocycles. The molecule has 0 atom stereocenters. The van der Waals surface area contributed by atoms with Crippen LogP contribution in [-0.4, -0.2) is 96.4 Å². The van der Waals surface area contributed by atoms with Crippen LogP contribution in [0.25, 0.3) is 12.2 Å². The van der Waals surface area contributed by atoms with Crippen molar-refractivity contribution < 1.29 is 35.4 Å². The van der Waals surface area contributed by atoms with Crippen molar-refractivity contribution in [1.82, 2.24) is 29.9 Å². The summed E-state index contributed by atoms with van der Waals surface area (Å²) in [4.78, 5) is 25.3. The summed E-state index contributed by atoms with van der Waals surface area (Å²) in [5.41, 5.74) is 1.77. The fraction of sp³-hybridized carbons (Fsp3) is 0.158. The number of hydrogen-bond acceptors (Lipinski definition) is 18. The van der Waals surface area contributed by atoms with Gasteiger partial charge in [0, 0.05) is 50.1 Å². The molecular formula is C38H40N12O8S2. The number of aromatic nitrogens is 6. The summed E-state index contributed by atoms with van der Waals surface area (Å²) in [6.07, 6.45) is 2.55. The molecular weight excluding hydrogens is 817 g/mol. The molecule has 0 unspecified atom stereocenters. The summed E-state index contributed by atoms with van der Waals surface area (Å²) in [6.45, 7) is 1.52. The van der Waals surface area contributed by atoms with Crippen molar-refractivity contribution in [3.63, 3.8) is 0 Å². The zero-order valence-corrected chi connectivity index (χ0v) is 33.7. The quantitative estimate of drug-likeness (QED) is 0.0255. The second-order valence-electron chi connectivity index (χ2n) is 12.5. The van der Waals surface area contributed by atoms with Crippen LogP contribution in [0.15, 0.2) is 107 Å². The van der Waals surface area contributed by atoms with E-state index in [1.807, 2.05) is 60.7 Å². The maximum atomic E-state index is 12.6. The molecule has 0 radical (unpaired) electrons. The normalized spacial score (nSPS) is 11.6. The molecule has 22 heteroatoms. The molecule has 0 bridgehead atoms. The van der Waals surface area contributed by atoms with Gasteiger partial charge in [0.05, 0.1) is 13.2 Å². The Morgan fingerprint density at radius 1 is 0.483 bits per heavy atom. The van der Waals surface area contributed by atoms with Crippen LogP contribution in [0.2, 0.25) is 0 Å². The number of rotatable bonds is 20. The molecule has 20 nitrogen and oxygen atoms in total. The molecule has 312 valence electrons. The third-order valence-electron chi connectivity index (χ3n) is 8.05. The summed E-state index contributed by atoms with van der Waals surface area (Å²) in [7, 11) is -6.57. The summed E-state index contributed by atoms with van der Waals surface area (Å²) in [5.74, 6) is 0.846. The molecule has 2 heterocycles. The van der Waals surface area contributed by atoms with Crippen molar-refractivity contribution in [3.8, 4) is 0 Å². The predicted octanol–water partition coefficient (Wildman–Crippen LogP) is 5.81. The Kier molecular flexibility index (Phi) is 14.1. The SMILES string of the molecule is COCCNc1nc(Nc2ccccc2)nc(Nc2ccc(/C=C/c3ccc(Nc4nc(NCCOC)nc(Nc5ccccc5)n4)cc3S(=O)(=O)O)c(S(=O)(=O)O)c2)n1. The van der Waals surface area contributed by atoms with Crippen molar-refractivity contribution in [2.24, 2.45) is 0 Å². The van der Waals surface area contributed by atoms with Crippen molar-refractivity contribution in [1.29, 1.82) is 0 Å². The number of ether oxygens (including phenoxy) is 2. The predicted molar refractivity (Wildman–Crippen MR) is 228 cm³/mol. The van der Waals surface area contributed by atoms with E-state index in [-0.39, 0.29) is 58.2 Å². The van der Waals surface area contributed by atoms with Gasteiger partial charge in [0.1, 0.15) is 9.79 Å². The van der Waals surface area contributed by atoms with Gasteiger partial charge < -0.3 is 41.4 Å². The summed E-state index contributed by atoms with van der Waals surface area (Å²) < 4.78 is 81.2. The van der Waals surface area contributed by atoms with Crippen molar-refractivity contribution in [2.45, 2.75) is 9.79 Å². The highest BCUT2D eigenvalue weighted by Crippen LogP contribution is 2.29. The Hall–Kier alpha value is -6.82. The summed E-state index contributed by atoms with van der Waals surface area (Å²) in [5, 5.41) is 18.1. The molecule has 60 heavy (non-hydrogen) atoms. The van der Waals surface area contributed by atoms with Gasteiger partial charge in [-0.1, -0.05) is 60.7 Å². The van der Waals surface area contributed by atoms with Crippen LogP contribution in [0.1, 0.15) is 11.1 Å². The lowest BCUT2D eigenvalue weighted by molar-refractivity contribution is 0.210. The first kappa shape index (κ1) is 42.8. The number of hydrogen-bond donors (Lipinski definition) is 8. The molecule has 0 aliphatic rings. The van der Waals surface area contributed by atoms with E-state index < -0.39 is 30.0 Å². The first-order chi connectivity index (χ1) is 28.9. The molecule has 4 aromatic carbocycles. The van der Waals surface area contributed by atoms with Gasteiger partial charge in [0.15, 0.2) is 0 Å². The van der Waals surface area contributed by atoms with E-state index in [2.05, 4.69) is 61.8 Å². The van der Waals surface area contributed by atoms with E-state index in [1.54, 1.807) is 14.2 Å². The highest BCUT2D eigenvalue weighted by molar-refractivity contribution is 7.86. The summed E-state index contributed by atoms with van der Waals surface area (Å²) >= 11 is 0. The van der Waals surface area contributed by atoms with Crippen LogP contribution in [-0.2, 0) is 29.7 Å². The maximum absolute atomic E-state index is 12.6. The van der Waals surface area contributed by atoms with Gasteiger partial charge in [-0.2, -0.15) is 46.7 Å². The molecule has 0 saturated heterocycles. The van der Waals surface area contributed by atoms with Crippen LogP contribution in [0, 0.1) is 0 Å². The second kappa shape index (κ2) is 19.8. The van der Waals surface area contributed by atoms with E-state index in [0.29, 0.717) is 37.7 Å². The smallest absolute Gasteiger partial charge is 0.295 e. The highest BCUT2D eigenvalue weighted by atomic mass is 32.2. The maximum Gasteiger partial charge on any atom is 0.295 e. The molecule has 0 saturated carbocycles. The second-order valence-corrected chi connectivity index (χ2v) is 15.3. The molecule has 0 fully saturated rings. The monoisotopic (exact) mass is 856 g/mol. The van der Waals surface area contributed by atoms with Gasteiger partial charge in [0.2, 0.25) is 35.7 Å². The minimum Gasteiger partial charge on any atom is -0.383 e. The number of nitrogens with one attached hydrogen (secondary N) is 6. The number of para-hydroxylation sites is 2. The molecule has 8 N–H and O–H groups in total. The molecule has 0 amide bonds. The number of nitrogens with zero attached hydrogens (tertiary/aromatic N) is 6. The zero-order chi connectivity index (χ0) is 42.5. The van der Waals surface area contributed by atoms with Crippen LogP contribution < -0.4 is 31.9 Å². The van der Waals surface area contributed by atoms with E-state index >= 15 is 0 Å². The lowest BCUT2D eigenvalue weighted by Crippen LogP contribution is -2.13. The first-order valence-electron chi connectivity index (χ1n) is 17.9. The van der Waals surface area contributed by atoms with E-state index in [1.165, 1.54) is 36.4 Å². The molecule has 6 aromatic rings. The molecule has 6 rings (SSSR count). The first-order valence-corrected chi connectivity index (χ1v) is 20.8. The lowest BCUT2D eigenvalue weighted by atomic mass is 10.1. The average molecular weight is 857 g/mol. The third kappa shape index (κ3) is 12.3. The van der Waals surface area contributed by atoms with Gasteiger partial charge in [-0.15, -0.1) is 0 Å². The van der Waals surface area contributed by atoms with Crippen LogP contribution >= 0.6 is 0 Å². The van der Waals surface area contributed by atoms with Crippen LogP contribution in [0.4, 0.5) is 58.4 Å². The van der Waals surface area contributed by atoms with Gasteiger partial charge in [0.25, 0.3) is 20.2 Å². The van der Waals surface area contributed by atoms with Gasteiger partial charge in [-0.3, -0.25) is 9.11 Å². The van der Waals surface area contributed by atoms with Gasteiger partial charge in [-0.25, -0.2) is 0 Å². The minimum absolute atomic E-state index is 0.00678. The average Bonchev–Trinajstić information content (AvgIpc) is 3.21. The van der Waals surface area contributed by atoms with E-state index in [0.717, 1.165) is 12.1 Å². The third-order valence-corrected chi connectivity index (χ3v) is 9.87. The van der Waals surface area contributed by atoms with E-state index in [4.69, 9.17) is 9.47 Å². The Labute approximate surface area is 345 Å². The Morgan fingerprint density at radius 2 is 0.817 bits per heavy atom. The van der Waals surface area contributed by atoms with Crippen molar-refractivity contribution >= 4 is 90.8 Å².